The van der Waals surface area contributed by atoms with Crippen LogP contribution in [-0.2, 0) is 6.54 Å². The first-order valence-corrected chi connectivity index (χ1v) is 5.29. The van der Waals surface area contributed by atoms with Gasteiger partial charge in [0.25, 0.3) is 5.69 Å². The van der Waals surface area contributed by atoms with Gasteiger partial charge in [0.1, 0.15) is 11.9 Å². The Bertz CT molecular complexity index is 418. The third-order valence-corrected chi connectivity index (χ3v) is 2.27. The van der Waals surface area contributed by atoms with Gasteiger partial charge in [-0.3, -0.25) is 10.1 Å². The molecule has 0 aliphatic carbocycles. The number of nitrogens with one attached hydrogen (secondary N) is 1. The lowest BCUT2D eigenvalue weighted by Gasteiger charge is -2.14. The maximum Gasteiger partial charge on any atom is 0.270 e. The second-order valence-electron chi connectivity index (χ2n) is 3.64. The van der Waals surface area contributed by atoms with Crippen LogP contribution in [0.4, 0.5) is 5.69 Å². The number of benzene rings is 1. The van der Waals surface area contributed by atoms with Crippen LogP contribution in [0, 0.1) is 10.1 Å². The first kappa shape index (κ1) is 13.2. The molecule has 0 spiro atoms. The zero-order chi connectivity index (χ0) is 12.8. The van der Waals surface area contributed by atoms with Gasteiger partial charge in [0.2, 0.25) is 0 Å². The number of ether oxygens (including phenoxy) is 1. The van der Waals surface area contributed by atoms with Crippen LogP contribution < -0.4 is 10.1 Å². The molecule has 5 heteroatoms. The number of rotatable bonds is 6. The van der Waals surface area contributed by atoms with Crippen LogP contribution in [0.5, 0.6) is 5.75 Å². The molecule has 0 fully saturated rings. The Labute approximate surface area is 100 Å². The lowest BCUT2D eigenvalue weighted by molar-refractivity contribution is -0.384. The van der Waals surface area contributed by atoms with Gasteiger partial charge in [0, 0.05) is 24.2 Å². The summed E-state index contributed by atoms with van der Waals surface area (Å²) in [4.78, 5) is 10.3. The van der Waals surface area contributed by atoms with Crippen molar-refractivity contribution < 1.29 is 9.66 Å². The van der Waals surface area contributed by atoms with Gasteiger partial charge in [-0.1, -0.05) is 12.7 Å². The minimum Gasteiger partial charge on any atom is -0.486 e. The van der Waals surface area contributed by atoms with Crippen LogP contribution in [0.2, 0.25) is 0 Å². The van der Waals surface area contributed by atoms with E-state index in [1.165, 1.54) is 12.1 Å². The van der Waals surface area contributed by atoms with E-state index in [-0.39, 0.29) is 11.8 Å². The molecule has 0 radical (unpaired) electrons. The lowest BCUT2D eigenvalue weighted by Crippen LogP contribution is -2.12. The highest BCUT2D eigenvalue weighted by molar-refractivity contribution is 5.44. The fourth-order valence-electron chi connectivity index (χ4n) is 1.37. The van der Waals surface area contributed by atoms with Gasteiger partial charge in [-0.2, -0.15) is 0 Å². The van der Waals surface area contributed by atoms with Gasteiger partial charge >= 0.3 is 0 Å². The van der Waals surface area contributed by atoms with Crippen molar-refractivity contribution in [3.63, 3.8) is 0 Å². The summed E-state index contributed by atoms with van der Waals surface area (Å²) < 4.78 is 5.60. The molecular weight excluding hydrogens is 220 g/mol. The highest BCUT2D eigenvalue weighted by atomic mass is 16.6. The Balaban J connectivity index is 3.03. The molecule has 1 N–H and O–H groups in total. The zero-order valence-corrected chi connectivity index (χ0v) is 9.97. The molecule has 92 valence electrons. The predicted molar refractivity (Wildman–Crippen MR) is 66.1 cm³/mol. The number of nitro benzene ring substituents is 1. The van der Waals surface area contributed by atoms with Crippen LogP contribution >= 0.6 is 0 Å². The molecule has 0 aromatic heterocycles. The van der Waals surface area contributed by atoms with Crippen molar-refractivity contribution in [3.05, 3.63) is 46.5 Å². The van der Waals surface area contributed by atoms with Crippen LogP contribution in [0.15, 0.2) is 30.9 Å². The Morgan fingerprint density at radius 3 is 2.88 bits per heavy atom. The molecule has 0 aliphatic rings. The molecule has 1 unspecified atom stereocenters. The molecule has 0 amide bonds. The standard InChI is InChI=1S/C12H16N2O3/c1-4-9(2)17-12-6-5-11(14(15)16)7-10(12)8-13-3/h4-7,9,13H,1,8H2,2-3H3. The predicted octanol–water partition coefficient (Wildman–Crippen LogP) is 2.27. The van der Waals surface area contributed by atoms with E-state index in [4.69, 9.17) is 4.74 Å². The molecule has 0 heterocycles. The second kappa shape index (κ2) is 6.00. The van der Waals surface area contributed by atoms with Gasteiger partial charge in [-0.05, 0) is 20.0 Å². The van der Waals surface area contributed by atoms with E-state index >= 15 is 0 Å². The Morgan fingerprint density at radius 2 is 2.35 bits per heavy atom. The summed E-state index contributed by atoms with van der Waals surface area (Å²) in [5.41, 5.74) is 0.823. The van der Waals surface area contributed by atoms with E-state index in [2.05, 4.69) is 11.9 Å². The Kier molecular flexibility index (Phi) is 4.66. The van der Waals surface area contributed by atoms with E-state index in [1.807, 2.05) is 6.92 Å². The average Bonchev–Trinajstić information content (AvgIpc) is 2.31. The average molecular weight is 236 g/mol. The van der Waals surface area contributed by atoms with E-state index in [1.54, 1.807) is 19.2 Å². The largest absolute Gasteiger partial charge is 0.486 e. The van der Waals surface area contributed by atoms with Crippen LogP contribution in [0.1, 0.15) is 12.5 Å². The first-order chi connectivity index (χ1) is 8.08. The topological polar surface area (TPSA) is 64.4 Å². The van der Waals surface area contributed by atoms with Crippen LogP contribution in [0.3, 0.4) is 0 Å². The van der Waals surface area contributed by atoms with Crippen molar-refractivity contribution >= 4 is 5.69 Å². The lowest BCUT2D eigenvalue weighted by atomic mass is 10.1. The molecule has 0 saturated carbocycles. The number of nitrogens with zero attached hydrogens (tertiary/aromatic N) is 1. The molecule has 0 bridgehead atoms. The molecule has 0 aliphatic heterocycles. The molecule has 5 nitrogen and oxygen atoms in total. The van der Waals surface area contributed by atoms with Gasteiger partial charge in [0.05, 0.1) is 4.92 Å². The second-order valence-corrected chi connectivity index (χ2v) is 3.64. The van der Waals surface area contributed by atoms with E-state index < -0.39 is 4.92 Å². The third kappa shape index (κ3) is 3.57. The monoisotopic (exact) mass is 236 g/mol. The van der Waals surface area contributed by atoms with Crippen LogP contribution in [0.25, 0.3) is 0 Å². The van der Waals surface area contributed by atoms with Crippen molar-refractivity contribution in [2.75, 3.05) is 7.05 Å². The Hall–Kier alpha value is -1.88. The fraction of sp³-hybridized carbons (Fsp3) is 0.333. The molecule has 0 saturated heterocycles. The van der Waals surface area contributed by atoms with Crippen LogP contribution in [-0.4, -0.2) is 18.1 Å². The summed E-state index contributed by atoms with van der Waals surface area (Å²) >= 11 is 0. The maximum absolute atomic E-state index is 10.7. The summed E-state index contributed by atoms with van der Waals surface area (Å²) in [6, 6.07) is 4.57. The zero-order valence-electron chi connectivity index (χ0n) is 9.97. The molecule has 1 aromatic carbocycles. The van der Waals surface area contributed by atoms with E-state index in [0.717, 1.165) is 5.56 Å². The third-order valence-electron chi connectivity index (χ3n) is 2.27. The SMILES string of the molecule is C=CC(C)Oc1ccc([N+](=O)[O-])cc1CNC. The maximum atomic E-state index is 10.7. The smallest absolute Gasteiger partial charge is 0.270 e. The molecule has 1 aromatic rings. The minimum absolute atomic E-state index is 0.0638. The normalized spacial score (nSPS) is 11.9. The van der Waals surface area contributed by atoms with Crippen molar-refractivity contribution in [1.82, 2.24) is 5.32 Å². The quantitative estimate of drug-likeness (QED) is 0.467. The number of nitro groups is 1. The first-order valence-electron chi connectivity index (χ1n) is 5.29. The van der Waals surface area contributed by atoms with Gasteiger partial charge in [-0.15, -0.1) is 0 Å². The van der Waals surface area contributed by atoms with E-state index in [0.29, 0.717) is 12.3 Å². The molecule has 17 heavy (non-hydrogen) atoms. The van der Waals surface area contributed by atoms with Crippen molar-refractivity contribution in [1.29, 1.82) is 0 Å². The van der Waals surface area contributed by atoms with Gasteiger partial charge in [0.15, 0.2) is 0 Å². The Morgan fingerprint density at radius 1 is 1.65 bits per heavy atom. The molecule has 1 rings (SSSR count). The fourth-order valence-corrected chi connectivity index (χ4v) is 1.37. The van der Waals surface area contributed by atoms with Crippen molar-refractivity contribution in [2.45, 2.75) is 19.6 Å². The minimum atomic E-state index is -0.417. The summed E-state index contributed by atoms with van der Waals surface area (Å²) in [5, 5.41) is 13.6. The highest BCUT2D eigenvalue weighted by Gasteiger charge is 2.12. The van der Waals surface area contributed by atoms with Gasteiger partial charge < -0.3 is 10.1 Å². The number of hydrogen-bond acceptors (Lipinski definition) is 4. The summed E-state index contributed by atoms with van der Waals surface area (Å²) in [5.74, 6) is 0.636. The summed E-state index contributed by atoms with van der Waals surface area (Å²) in [6.07, 6.45) is 1.54. The number of hydrogen-bond donors (Lipinski definition) is 1. The van der Waals surface area contributed by atoms with Gasteiger partial charge in [-0.25, -0.2) is 0 Å². The number of non-ortho nitro benzene ring substituents is 1. The summed E-state index contributed by atoms with van der Waals surface area (Å²) in [6.45, 7) is 6.00. The van der Waals surface area contributed by atoms with Crippen molar-refractivity contribution in [2.24, 2.45) is 0 Å². The van der Waals surface area contributed by atoms with E-state index in [9.17, 15) is 10.1 Å². The summed E-state index contributed by atoms with van der Waals surface area (Å²) in [7, 11) is 1.78. The molecular formula is C12H16N2O3. The highest BCUT2D eigenvalue weighted by Crippen LogP contribution is 2.25. The molecule has 1 atom stereocenters. The van der Waals surface area contributed by atoms with Crippen molar-refractivity contribution in [3.8, 4) is 5.75 Å².